The van der Waals surface area contributed by atoms with E-state index in [0.717, 1.165) is 37.6 Å². The Morgan fingerprint density at radius 2 is 0.827 bits per heavy atom. The Kier molecular flexibility index (Phi) is 17.2. The molecule has 0 bridgehead atoms. The van der Waals surface area contributed by atoms with Gasteiger partial charge in [-0.3, -0.25) is 0 Å². The average molecular weight is 707 g/mol. The molecule has 0 unspecified atom stereocenters. The lowest BCUT2D eigenvalue weighted by molar-refractivity contribution is 0.302. The molecule has 4 rings (SSSR count). The molecule has 1 aliphatic heterocycles. The van der Waals surface area contributed by atoms with Crippen LogP contribution in [0.1, 0.15) is 204 Å². The standard InChI is InChI=1S/C49H75BO2/c1-11-13-15-17-19-21-23-25-27-51-47-33-43-44-34-48(52-28-26-24-22-20-18-16-14-12-2)39(10)30-46(44)50(45(43)29-38(47)9)49-41(36(5)6)31-40(35(3)4)32-42(49)37(7)8/h29-37H,11-28H2,1-10H3. The number of aryl methyl sites for hydroxylation is 2. The maximum atomic E-state index is 6.59. The zero-order chi connectivity index (χ0) is 37.6. The summed E-state index contributed by atoms with van der Waals surface area (Å²) in [5, 5.41) is 0. The van der Waals surface area contributed by atoms with Crippen molar-refractivity contribution in [2.75, 3.05) is 13.2 Å². The highest BCUT2D eigenvalue weighted by Gasteiger charge is 2.38. The molecule has 52 heavy (non-hydrogen) atoms. The lowest BCUT2D eigenvalue weighted by atomic mass is 9.36. The first-order chi connectivity index (χ1) is 25.1. The van der Waals surface area contributed by atoms with Gasteiger partial charge in [0.15, 0.2) is 0 Å². The van der Waals surface area contributed by atoms with Crippen molar-refractivity contribution in [1.82, 2.24) is 0 Å². The molecule has 0 amide bonds. The van der Waals surface area contributed by atoms with Gasteiger partial charge in [-0.1, -0.05) is 186 Å². The van der Waals surface area contributed by atoms with Crippen LogP contribution < -0.4 is 25.9 Å². The van der Waals surface area contributed by atoms with E-state index in [-0.39, 0.29) is 6.71 Å². The molecule has 286 valence electrons. The second-order valence-corrected chi connectivity index (χ2v) is 17.1. The van der Waals surface area contributed by atoms with Gasteiger partial charge < -0.3 is 9.47 Å². The van der Waals surface area contributed by atoms with Crippen LogP contribution in [0.15, 0.2) is 36.4 Å². The molecule has 0 atom stereocenters. The first kappa shape index (κ1) is 42.1. The summed E-state index contributed by atoms with van der Waals surface area (Å²) < 4.78 is 13.2. The quantitative estimate of drug-likeness (QED) is 0.0533. The van der Waals surface area contributed by atoms with E-state index in [1.807, 2.05) is 0 Å². The minimum Gasteiger partial charge on any atom is -0.493 e. The molecule has 1 aliphatic rings. The molecule has 0 saturated heterocycles. The first-order valence-corrected chi connectivity index (χ1v) is 21.8. The van der Waals surface area contributed by atoms with E-state index in [9.17, 15) is 0 Å². The van der Waals surface area contributed by atoms with E-state index >= 15 is 0 Å². The topological polar surface area (TPSA) is 18.5 Å². The molecule has 0 spiro atoms. The SMILES string of the molecule is CCCCCCCCCCOc1cc2c(cc1C)B(c1c(C(C)C)cc(C(C)C)cc1C(C)C)c1cc(C)c(OCCCCCCCCCC)cc1-2. The highest BCUT2D eigenvalue weighted by molar-refractivity contribution is 6.99. The number of rotatable bonds is 24. The summed E-state index contributed by atoms with van der Waals surface area (Å²) >= 11 is 0. The zero-order valence-electron chi connectivity index (χ0n) is 35.3. The molecule has 0 saturated carbocycles. The summed E-state index contributed by atoms with van der Waals surface area (Å²) in [6, 6.07) is 14.7. The molecular formula is C49H75BO2. The van der Waals surface area contributed by atoms with Gasteiger partial charge >= 0.3 is 0 Å². The van der Waals surface area contributed by atoms with Crippen LogP contribution in [-0.2, 0) is 0 Å². The van der Waals surface area contributed by atoms with E-state index in [1.165, 1.54) is 145 Å². The molecule has 0 aromatic heterocycles. The Morgan fingerprint density at radius 3 is 1.17 bits per heavy atom. The monoisotopic (exact) mass is 707 g/mol. The molecule has 2 nitrogen and oxygen atoms in total. The van der Waals surface area contributed by atoms with Crippen LogP contribution in [0.25, 0.3) is 11.1 Å². The normalized spacial score (nSPS) is 12.4. The van der Waals surface area contributed by atoms with Gasteiger partial charge in [-0.05, 0) is 95.5 Å². The van der Waals surface area contributed by atoms with Crippen LogP contribution >= 0.6 is 0 Å². The van der Waals surface area contributed by atoms with Crippen LogP contribution in [0, 0.1) is 13.8 Å². The molecule has 3 aromatic rings. The van der Waals surface area contributed by atoms with E-state index in [1.54, 1.807) is 0 Å². The summed E-state index contributed by atoms with van der Waals surface area (Å²) in [5.41, 5.74) is 14.0. The van der Waals surface area contributed by atoms with E-state index < -0.39 is 0 Å². The van der Waals surface area contributed by atoms with Gasteiger partial charge in [-0.25, -0.2) is 0 Å². The van der Waals surface area contributed by atoms with Crippen LogP contribution in [0.5, 0.6) is 11.5 Å². The van der Waals surface area contributed by atoms with Gasteiger partial charge in [-0.2, -0.15) is 0 Å². The summed E-state index contributed by atoms with van der Waals surface area (Å²) in [5.74, 6) is 3.45. The van der Waals surface area contributed by atoms with Gasteiger partial charge in [0.25, 0.3) is 0 Å². The Morgan fingerprint density at radius 1 is 0.462 bits per heavy atom. The van der Waals surface area contributed by atoms with Crippen molar-refractivity contribution in [3.8, 4) is 22.6 Å². The smallest absolute Gasteiger partial charge is 0.243 e. The van der Waals surface area contributed by atoms with E-state index in [0.29, 0.717) is 17.8 Å². The number of benzene rings is 3. The molecule has 3 heteroatoms. The van der Waals surface area contributed by atoms with Crippen LogP contribution in [0.2, 0.25) is 0 Å². The summed E-state index contributed by atoms with van der Waals surface area (Å²) in [6.07, 6.45) is 21.0. The number of fused-ring (bicyclic) bond motifs is 3. The highest BCUT2D eigenvalue weighted by Crippen LogP contribution is 2.35. The summed E-state index contributed by atoms with van der Waals surface area (Å²) in [4.78, 5) is 0. The van der Waals surface area contributed by atoms with E-state index in [2.05, 4.69) is 106 Å². The predicted octanol–water partition coefficient (Wildman–Crippen LogP) is 13.2. The molecule has 0 aliphatic carbocycles. The third-order valence-electron chi connectivity index (χ3n) is 11.6. The molecule has 0 fully saturated rings. The van der Waals surface area contributed by atoms with Gasteiger partial charge in [0.2, 0.25) is 6.71 Å². The second-order valence-electron chi connectivity index (χ2n) is 17.1. The van der Waals surface area contributed by atoms with Crippen molar-refractivity contribution in [2.24, 2.45) is 0 Å². The van der Waals surface area contributed by atoms with Gasteiger partial charge in [0, 0.05) is 0 Å². The maximum absolute atomic E-state index is 6.59. The van der Waals surface area contributed by atoms with Crippen molar-refractivity contribution in [3.63, 3.8) is 0 Å². The van der Waals surface area contributed by atoms with Crippen molar-refractivity contribution < 1.29 is 9.47 Å². The lowest BCUT2D eigenvalue weighted by Gasteiger charge is -2.27. The fourth-order valence-corrected chi connectivity index (χ4v) is 8.34. The molecule has 1 heterocycles. The summed E-state index contributed by atoms with van der Waals surface area (Å²) in [7, 11) is 0. The van der Waals surface area contributed by atoms with Gasteiger partial charge in [0.05, 0.1) is 13.2 Å². The third kappa shape index (κ3) is 11.2. The Hall–Kier alpha value is -2.68. The highest BCUT2D eigenvalue weighted by atomic mass is 16.5. The van der Waals surface area contributed by atoms with Crippen molar-refractivity contribution >= 4 is 23.1 Å². The Labute approximate surface area is 321 Å². The van der Waals surface area contributed by atoms with Crippen molar-refractivity contribution in [3.05, 3.63) is 64.2 Å². The molecule has 0 N–H and O–H groups in total. The van der Waals surface area contributed by atoms with Gasteiger partial charge in [0.1, 0.15) is 11.5 Å². The van der Waals surface area contributed by atoms with Gasteiger partial charge in [-0.15, -0.1) is 0 Å². The van der Waals surface area contributed by atoms with Crippen molar-refractivity contribution in [1.29, 1.82) is 0 Å². The molecule has 0 radical (unpaired) electrons. The fourth-order valence-electron chi connectivity index (χ4n) is 8.34. The minimum atomic E-state index is 0.196. The fraction of sp³-hybridized carbons (Fsp3) is 0.633. The number of unbranched alkanes of at least 4 members (excludes halogenated alkanes) is 14. The Balaban J connectivity index is 1.66. The number of ether oxygens (including phenoxy) is 2. The van der Waals surface area contributed by atoms with E-state index in [4.69, 9.17) is 9.47 Å². The number of hydrogen-bond donors (Lipinski definition) is 0. The van der Waals surface area contributed by atoms with Crippen LogP contribution in [0.3, 0.4) is 0 Å². The molecule has 3 aromatic carbocycles. The number of hydrogen-bond acceptors (Lipinski definition) is 2. The van der Waals surface area contributed by atoms with Crippen LogP contribution in [0.4, 0.5) is 0 Å². The van der Waals surface area contributed by atoms with Crippen LogP contribution in [-0.4, -0.2) is 19.9 Å². The largest absolute Gasteiger partial charge is 0.493 e. The minimum absolute atomic E-state index is 0.196. The van der Waals surface area contributed by atoms with Crippen molar-refractivity contribution in [2.45, 2.75) is 190 Å². The lowest BCUT2D eigenvalue weighted by Crippen LogP contribution is -2.52. The zero-order valence-corrected chi connectivity index (χ0v) is 35.3. The molecular weight excluding hydrogens is 631 g/mol. The average Bonchev–Trinajstić information content (AvgIpc) is 3.40. The predicted molar refractivity (Wildman–Crippen MR) is 231 cm³/mol. The maximum Gasteiger partial charge on any atom is 0.243 e. The Bertz CT molecular complexity index is 1430. The second kappa shape index (κ2) is 21.3. The third-order valence-corrected chi connectivity index (χ3v) is 11.6. The summed E-state index contributed by atoms with van der Waals surface area (Å²) in [6.45, 7) is 25.0. The first-order valence-electron chi connectivity index (χ1n) is 21.8.